The summed E-state index contributed by atoms with van der Waals surface area (Å²) in [7, 11) is 0. The normalized spacial score (nSPS) is 15.5. The van der Waals surface area contributed by atoms with Crippen molar-refractivity contribution in [3.8, 4) is 5.75 Å². The molecule has 0 radical (unpaired) electrons. The van der Waals surface area contributed by atoms with Crippen LogP contribution in [0.1, 0.15) is 73.5 Å². The zero-order valence-corrected chi connectivity index (χ0v) is 21.9. The van der Waals surface area contributed by atoms with E-state index >= 15 is 0 Å². The monoisotopic (exact) mass is 485 g/mol. The molecule has 35 heavy (non-hydrogen) atoms. The average Bonchev–Trinajstić information content (AvgIpc) is 2.80. The fourth-order valence-corrected chi connectivity index (χ4v) is 4.29. The van der Waals surface area contributed by atoms with Gasteiger partial charge in [0.2, 0.25) is 5.79 Å². The van der Waals surface area contributed by atoms with E-state index in [1.165, 1.54) is 16.7 Å². The number of aliphatic hydroxyl groups is 1. The quantitative estimate of drug-likeness (QED) is 0.331. The van der Waals surface area contributed by atoms with Gasteiger partial charge in [-0.25, -0.2) is 0 Å². The van der Waals surface area contributed by atoms with Crippen molar-refractivity contribution in [3.05, 3.63) is 64.2 Å². The predicted octanol–water partition coefficient (Wildman–Crippen LogP) is 5.37. The molecule has 1 aliphatic rings. The Morgan fingerprint density at radius 1 is 0.943 bits per heavy atom. The SMILES string of the molecule is Cc1cc(C)cc(COCCOCCCCCCNC[C@H](O)c2ccc3c(c2)COC(C)(C)O3)c1. The number of aryl methyl sites for hydroxylation is 2. The number of ether oxygens (including phenoxy) is 4. The minimum atomic E-state index is -0.601. The first-order chi connectivity index (χ1) is 16.8. The number of nitrogens with one attached hydrogen (secondary N) is 1. The van der Waals surface area contributed by atoms with Gasteiger partial charge in [0.15, 0.2) is 0 Å². The van der Waals surface area contributed by atoms with Gasteiger partial charge >= 0.3 is 0 Å². The zero-order chi connectivity index (χ0) is 25.1. The van der Waals surface area contributed by atoms with E-state index in [1.54, 1.807) is 0 Å². The number of hydrogen-bond acceptors (Lipinski definition) is 6. The van der Waals surface area contributed by atoms with Gasteiger partial charge in [-0.2, -0.15) is 0 Å². The largest absolute Gasteiger partial charge is 0.463 e. The maximum Gasteiger partial charge on any atom is 0.205 e. The number of benzene rings is 2. The molecular weight excluding hydrogens is 442 g/mol. The summed E-state index contributed by atoms with van der Waals surface area (Å²) < 4.78 is 22.9. The molecule has 0 saturated heterocycles. The van der Waals surface area contributed by atoms with E-state index < -0.39 is 11.9 Å². The second-order valence-corrected chi connectivity index (χ2v) is 9.95. The lowest BCUT2D eigenvalue weighted by Gasteiger charge is -2.33. The molecule has 0 saturated carbocycles. The summed E-state index contributed by atoms with van der Waals surface area (Å²) in [6, 6.07) is 12.4. The number of rotatable bonds is 15. The number of aliphatic hydroxyl groups excluding tert-OH is 1. The highest BCUT2D eigenvalue weighted by Crippen LogP contribution is 2.32. The van der Waals surface area contributed by atoms with Crippen LogP contribution in [-0.4, -0.2) is 43.8 Å². The van der Waals surface area contributed by atoms with Crippen molar-refractivity contribution in [1.82, 2.24) is 5.32 Å². The maximum atomic E-state index is 10.5. The summed E-state index contributed by atoms with van der Waals surface area (Å²) in [6.45, 7) is 12.7. The fourth-order valence-electron chi connectivity index (χ4n) is 4.29. The van der Waals surface area contributed by atoms with Crippen molar-refractivity contribution < 1.29 is 24.1 Å². The molecule has 0 bridgehead atoms. The topological polar surface area (TPSA) is 69.2 Å². The molecule has 2 N–H and O–H groups in total. The van der Waals surface area contributed by atoms with Gasteiger partial charge in [-0.3, -0.25) is 0 Å². The van der Waals surface area contributed by atoms with E-state index in [2.05, 4.69) is 37.4 Å². The van der Waals surface area contributed by atoms with E-state index in [0.717, 1.165) is 55.7 Å². The van der Waals surface area contributed by atoms with Crippen LogP contribution in [0.3, 0.4) is 0 Å². The third kappa shape index (κ3) is 9.90. The Morgan fingerprint density at radius 3 is 2.49 bits per heavy atom. The summed E-state index contributed by atoms with van der Waals surface area (Å²) in [5.41, 5.74) is 5.64. The molecule has 1 aliphatic heterocycles. The molecule has 0 amide bonds. The van der Waals surface area contributed by atoms with Crippen molar-refractivity contribution in [3.63, 3.8) is 0 Å². The predicted molar refractivity (Wildman–Crippen MR) is 139 cm³/mol. The highest BCUT2D eigenvalue weighted by atomic mass is 16.7. The standard InChI is InChI=1S/C29H43NO5/c1-22-15-23(2)17-24(16-22)20-33-14-13-32-12-8-6-5-7-11-30-19-27(31)25-9-10-28-26(18-25)21-34-29(3,4)35-28/h9-10,15-18,27,30-31H,5-8,11-14,19-21H2,1-4H3/t27-/m0/s1. The lowest BCUT2D eigenvalue weighted by Crippen LogP contribution is -2.35. The van der Waals surface area contributed by atoms with Gasteiger partial charge < -0.3 is 29.4 Å². The third-order valence-corrected chi connectivity index (χ3v) is 6.05. The third-order valence-electron chi connectivity index (χ3n) is 6.05. The van der Waals surface area contributed by atoms with Crippen molar-refractivity contribution in [1.29, 1.82) is 0 Å². The first kappa shape index (κ1) is 27.6. The molecule has 0 unspecified atom stereocenters. The highest BCUT2D eigenvalue weighted by Gasteiger charge is 2.27. The van der Waals surface area contributed by atoms with Crippen LogP contribution in [0.2, 0.25) is 0 Å². The molecule has 6 nitrogen and oxygen atoms in total. The first-order valence-electron chi connectivity index (χ1n) is 12.9. The number of fused-ring (bicyclic) bond motifs is 1. The molecule has 2 aromatic rings. The van der Waals surface area contributed by atoms with E-state index in [0.29, 0.717) is 33.0 Å². The molecule has 0 spiro atoms. The molecule has 194 valence electrons. The second-order valence-electron chi connectivity index (χ2n) is 9.95. The van der Waals surface area contributed by atoms with Crippen LogP contribution in [0, 0.1) is 13.8 Å². The van der Waals surface area contributed by atoms with Crippen LogP contribution in [-0.2, 0) is 27.4 Å². The second kappa shape index (κ2) is 14.0. The molecule has 3 rings (SSSR count). The van der Waals surface area contributed by atoms with Gasteiger partial charge in [0.1, 0.15) is 5.75 Å². The Kier molecular flexibility index (Phi) is 11.0. The smallest absolute Gasteiger partial charge is 0.205 e. The van der Waals surface area contributed by atoms with Gasteiger partial charge in [0.25, 0.3) is 0 Å². The fraction of sp³-hybridized carbons (Fsp3) is 0.586. The number of unbranched alkanes of at least 4 members (excludes halogenated alkanes) is 3. The lowest BCUT2D eigenvalue weighted by atomic mass is 10.0. The molecular formula is C29H43NO5. The molecule has 0 aromatic heterocycles. The van der Waals surface area contributed by atoms with Crippen LogP contribution in [0.25, 0.3) is 0 Å². The molecule has 1 atom stereocenters. The number of hydrogen-bond donors (Lipinski definition) is 2. The van der Waals surface area contributed by atoms with Crippen molar-refractivity contribution in [2.24, 2.45) is 0 Å². The Morgan fingerprint density at radius 2 is 1.69 bits per heavy atom. The highest BCUT2D eigenvalue weighted by molar-refractivity contribution is 5.39. The van der Waals surface area contributed by atoms with Crippen LogP contribution >= 0.6 is 0 Å². The van der Waals surface area contributed by atoms with Crippen molar-refractivity contribution >= 4 is 0 Å². The summed E-state index contributed by atoms with van der Waals surface area (Å²) in [5.74, 6) is 0.232. The Balaban J connectivity index is 1.15. The van der Waals surface area contributed by atoms with Crippen LogP contribution < -0.4 is 10.1 Å². The Hall–Kier alpha value is -1.96. The molecule has 0 aliphatic carbocycles. The molecule has 2 aromatic carbocycles. The molecule has 6 heteroatoms. The van der Waals surface area contributed by atoms with Gasteiger partial charge in [0.05, 0.1) is 32.5 Å². The van der Waals surface area contributed by atoms with E-state index in [1.807, 2.05) is 32.0 Å². The summed E-state index contributed by atoms with van der Waals surface area (Å²) in [4.78, 5) is 0. The zero-order valence-electron chi connectivity index (χ0n) is 21.9. The Bertz CT molecular complexity index is 894. The van der Waals surface area contributed by atoms with E-state index in [-0.39, 0.29) is 0 Å². The molecule has 0 fully saturated rings. The van der Waals surface area contributed by atoms with Crippen molar-refractivity contribution in [2.45, 2.75) is 78.5 Å². The van der Waals surface area contributed by atoms with E-state index in [9.17, 15) is 5.11 Å². The average molecular weight is 486 g/mol. The van der Waals surface area contributed by atoms with Crippen LogP contribution in [0.15, 0.2) is 36.4 Å². The maximum absolute atomic E-state index is 10.5. The van der Waals surface area contributed by atoms with Gasteiger partial charge in [0, 0.05) is 32.6 Å². The lowest BCUT2D eigenvalue weighted by molar-refractivity contribution is -0.180. The van der Waals surface area contributed by atoms with E-state index in [4.69, 9.17) is 18.9 Å². The van der Waals surface area contributed by atoms with Crippen LogP contribution in [0.4, 0.5) is 0 Å². The molecule has 1 heterocycles. The minimum Gasteiger partial charge on any atom is -0.463 e. The summed E-state index contributed by atoms with van der Waals surface area (Å²) in [6.07, 6.45) is 3.91. The van der Waals surface area contributed by atoms with Gasteiger partial charge in [-0.05, 0) is 56.5 Å². The van der Waals surface area contributed by atoms with Gasteiger partial charge in [-0.1, -0.05) is 48.2 Å². The first-order valence-corrected chi connectivity index (χ1v) is 12.9. The summed E-state index contributed by atoms with van der Waals surface area (Å²) in [5, 5.41) is 13.9. The minimum absolute atomic E-state index is 0.500. The van der Waals surface area contributed by atoms with Crippen molar-refractivity contribution in [2.75, 3.05) is 32.9 Å². The van der Waals surface area contributed by atoms with Crippen LogP contribution in [0.5, 0.6) is 5.75 Å². The summed E-state index contributed by atoms with van der Waals surface area (Å²) >= 11 is 0. The van der Waals surface area contributed by atoms with Gasteiger partial charge in [-0.15, -0.1) is 0 Å². The Labute approximate surface area is 210 Å².